The lowest BCUT2D eigenvalue weighted by molar-refractivity contribution is 0.0921. The van der Waals surface area contributed by atoms with Gasteiger partial charge in [0.25, 0.3) is 5.91 Å². The quantitative estimate of drug-likeness (QED) is 0.912. The van der Waals surface area contributed by atoms with Gasteiger partial charge in [-0.15, -0.1) is 22.7 Å². The van der Waals surface area contributed by atoms with Crippen LogP contribution in [0.2, 0.25) is 4.34 Å². The summed E-state index contributed by atoms with van der Waals surface area (Å²) >= 11 is 8.37. The summed E-state index contributed by atoms with van der Waals surface area (Å²) in [6, 6.07) is 3.47. The average molecular weight is 303 g/mol. The van der Waals surface area contributed by atoms with Gasteiger partial charge in [0.05, 0.1) is 15.5 Å². The fourth-order valence-electron chi connectivity index (χ4n) is 1.40. The van der Waals surface area contributed by atoms with Crippen molar-refractivity contribution in [1.82, 2.24) is 10.3 Å². The highest BCUT2D eigenvalue weighted by atomic mass is 35.5. The third kappa shape index (κ3) is 3.08. The van der Waals surface area contributed by atoms with E-state index < -0.39 is 6.10 Å². The van der Waals surface area contributed by atoms with E-state index in [2.05, 4.69) is 10.3 Å². The van der Waals surface area contributed by atoms with Crippen LogP contribution in [-0.4, -0.2) is 22.5 Å². The number of thiazole rings is 1. The van der Waals surface area contributed by atoms with Crippen molar-refractivity contribution >= 4 is 40.2 Å². The zero-order chi connectivity index (χ0) is 13.1. The first-order valence-electron chi connectivity index (χ1n) is 5.19. The van der Waals surface area contributed by atoms with Gasteiger partial charge >= 0.3 is 0 Å². The summed E-state index contributed by atoms with van der Waals surface area (Å²) in [6.07, 6.45) is -0.736. The Morgan fingerprint density at radius 2 is 2.39 bits per heavy atom. The summed E-state index contributed by atoms with van der Waals surface area (Å²) in [6.45, 7) is 1.94. The van der Waals surface area contributed by atoms with Crippen LogP contribution in [0.4, 0.5) is 0 Å². The van der Waals surface area contributed by atoms with E-state index in [1.165, 1.54) is 22.7 Å². The Hall–Kier alpha value is -0.950. The third-order valence-corrected chi connectivity index (χ3v) is 4.59. The molecular weight excluding hydrogens is 292 g/mol. The van der Waals surface area contributed by atoms with Crippen LogP contribution in [0.1, 0.15) is 26.3 Å². The molecule has 96 valence electrons. The summed E-state index contributed by atoms with van der Waals surface area (Å²) < 4.78 is 0.619. The highest BCUT2D eigenvalue weighted by Gasteiger charge is 2.15. The Labute approximate surface area is 117 Å². The Bertz CT molecular complexity index is 553. The molecule has 0 aliphatic carbocycles. The average Bonchev–Trinajstić information content (AvgIpc) is 2.94. The van der Waals surface area contributed by atoms with Crippen LogP contribution in [0.15, 0.2) is 17.6 Å². The van der Waals surface area contributed by atoms with E-state index in [1.54, 1.807) is 24.6 Å². The highest BCUT2D eigenvalue weighted by Crippen LogP contribution is 2.26. The minimum Gasteiger partial charge on any atom is -0.386 e. The second-order valence-corrected chi connectivity index (χ2v) is 6.24. The number of aromatic nitrogens is 1. The molecule has 0 radical (unpaired) electrons. The number of carbonyl (C=O) groups excluding carboxylic acids is 1. The lowest BCUT2D eigenvalue weighted by Gasteiger charge is -2.09. The molecule has 1 amide bonds. The molecule has 2 N–H and O–H groups in total. The number of halogens is 1. The molecule has 0 unspecified atom stereocenters. The van der Waals surface area contributed by atoms with Crippen molar-refractivity contribution < 1.29 is 9.90 Å². The number of thiophene rings is 1. The number of aryl methyl sites for hydroxylation is 1. The second-order valence-electron chi connectivity index (χ2n) is 3.63. The van der Waals surface area contributed by atoms with E-state index in [4.69, 9.17) is 11.6 Å². The number of carbonyl (C=O) groups is 1. The van der Waals surface area contributed by atoms with E-state index >= 15 is 0 Å². The van der Waals surface area contributed by atoms with Gasteiger partial charge in [-0.2, -0.15) is 0 Å². The minimum absolute atomic E-state index is 0.160. The standard InChI is InChI=1S/C11H11ClN2O2S2/c1-6-10(17-5-14-6)11(16)13-4-7(15)8-2-3-9(12)18-8/h2-3,5,7,15H,4H2,1H3,(H,13,16)/t7-/m0/s1. The maximum atomic E-state index is 11.8. The molecule has 2 rings (SSSR count). The molecule has 0 aliphatic rings. The van der Waals surface area contributed by atoms with Crippen molar-refractivity contribution in [3.05, 3.63) is 37.4 Å². The summed E-state index contributed by atoms with van der Waals surface area (Å²) in [4.78, 5) is 17.1. The predicted molar refractivity (Wildman–Crippen MR) is 73.5 cm³/mol. The molecule has 1 atom stereocenters. The Morgan fingerprint density at radius 3 is 2.94 bits per heavy atom. The fourth-order valence-corrected chi connectivity index (χ4v) is 3.16. The van der Waals surface area contributed by atoms with Gasteiger partial charge in [-0.1, -0.05) is 11.6 Å². The number of rotatable bonds is 4. The van der Waals surface area contributed by atoms with Gasteiger partial charge in [0.15, 0.2) is 0 Å². The number of amides is 1. The molecule has 0 fully saturated rings. The Kier molecular flexibility index (Phi) is 4.34. The largest absolute Gasteiger partial charge is 0.386 e. The van der Waals surface area contributed by atoms with E-state index in [0.29, 0.717) is 14.9 Å². The summed E-state index contributed by atoms with van der Waals surface area (Å²) in [7, 11) is 0. The van der Waals surface area contributed by atoms with E-state index in [-0.39, 0.29) is 12.5 Å². The lowest BCUT2D eigenvalue weighted by atomic mass is 10.3. The summed E-state index contributed by atoms with van der Waals surface area (Å²) in [5, 5.41) is 12.6. The SMILES string of the molecule is Cc1ncsc1C(=O)NC[C@H](O)c1ccc(Cl)s1. The van der Waals surface area contributed by atoms with Crippen LogP contribution < -0.4 is 5.32 Å². The number of hydrogen-bond acceptors (Lipinski definition) is 5. The number of aliphatic hydroxyl groups excluding tert-OH is 1. The molecule has 2 aromatic heterocycles. The Balaban J connectivity index is 1.92. The Morgan fingerprint density at radius 1 is 1.61 bits per heavy atom. The van der Waals surface area contributed by atoms with Crippen molar-refractivity contribution in [2.24, 2.45) is 0 Å². The third-order valence-electron chi connectivity index (χ3n) is 2.33. The first kappa shape index (κ1) is 13.5. The molecule has 0 saturated carbocycles. The number of nitrogens with one attached hydrogen (secondary N) is 1. The molecule has 0 saturated heterocycles. The number of aliphatic hydroxyl groups is 1. The summed E-state index contributed by atoms with van der Waals surface area (Å²) in [5.41, 5.74) is 2.32. The van der Waals surface area contributed by atoms with Gasteiger partial charge < -0.3 is 10.4 Å². The zero-order valence-corrected chi connectivity index (χ0v) is 11.9. The zero-order valence-electron chi connectivity index (χ0n) is 9.51. The van der Waals surface area contributed by atoms with E-state index in [1.807, 2.05) is 0 Å². The van der Waals surface area contributed by atoms with Crippen LogP contribution in [-0.2, 0) is 0 Å². The maximum Gasteiger partial charge on any atom is 0.263 e. The van der Waals surface area contributed by atoms with Crippen LogP contribution in [0.25, 0.3) is 0 Å². The first-order valence-corrected chi connectivity index (χ1v) is 7.27. The molecule has 4 nitrogen and oxygen atoms in total. The first-order chi connectivity index (χ1) is 8.58. The van der Waals surface area contributed by atoms with Gasteiger partial charge in [0.2, 0.25) is 0 Å². The highest BCUT2D eigenvalue weighted by molar-refractivity contribution is 7.16. The van der Waals surface area contributed by atoms with Crippen molar-refractivity contribution in [2.75, 3.05) is 6.54 Å². The van der Waals surface area contributed by atoms with Gasteiger partial charge in [-0.25, -0.2) is 4.98 Å². The lowest BCUT2D eigenvalue weighted by Crippen LogP contribution is -2.27. The molecule has 2 aromatic rings. The van der Waals surface area contributed by atoms with Crippen molar-refractivity contribution in [3.8, 4) is 0 Å². The van der Waals surface area contributed by atoms with Crippen LogP contribution >= 0.6 is 34.3 Å². The molecule has 7 heteroatoms. The van der Waals surface area contributed by atoms with Crippen LogP contribution in [0, 0.1) is 6.92 Å². The molecule has 0 bridgehead atoms. The topological polar surface area (TPSA) is 62.2 Å². The molecule has 0 aliphatic heterocycles. The second kappa shape index (κ2) is 5.79. The fraction of sp³-hybridized carbons (Fsp3) is 0.273. The molecule has 18 heavy (non-hydrogen) atoms. The predicted octanol–water partition coefficient (Wildman–Crippen LogP) is 2.63. The monoisotopic (exact) mass is 302 g/mol. The van der Waals surface area contributed by atoms with E-state index in [0.717, 1.165) is 4.88 Å². The summed E-state index contributed by atoms with van der Waals surface area (Å²) in [5.74, 6) is -0.211. The van der Waals surface area contributed by atoms with Crippen LogP contribution in [0.3, 0.4) is 0 Å². The van der Waals surface area contributed by atoms with Gasteiger partial charge in [-0.3, -0.25) is 4.79 Å². The smallest absolute Gasteiger partial charge is 0.263 e. The van der Waals surface area contributed by atoms with Gasteiger partial charge in [0, 0.05) is 11.4 Å². The number of hydrogen-bond donors (Lipinski definition) is 2. The number of nitrogens with zero attached hydrogens (tertiary/aromatic N) is 1. The molecule has 0 spiro atoms. The molecule has 2 heterocycles. The maximum absolute atomic E-state index is 11.8. The van der Waals surface area contributed by atoms with Crippen molar-refractivity contribution in [2.45, 2.75) is 13.0 Å². The molecule has 0 aromatic carbocycles. The van der Waals surface area contributed by atoms with Crippen molar-refractivity contribution in [3.63, 3.8) is 0 Å². The van der Waals surface area contributed by atoms with Crippen molar-refractivity contribution in [1.29, 1.82) is 0 Å². The van der Waals surface area contributed by atoms with Crippen LogP contribution in [0.5, 0.6) is 0 Å². The van der Waals surface area contributed by atoms with Gasteiger partial charge in [0.1, 0.15) is 11.0 Å². The normalized spacial score (nSPS) is 12.4. The molecular formula is C11H11ClN2O2S2. The van der Waals surface area contributed by atoms with E-state index in [9.17, 15) is 9.90 Å². The van der Waals surface area contributed by atoms with Gasteiger partial charge in [-0.05, 0) is 19.1 Å². The minimum atomic E-state index is -0.736.